The summed E-state index contributed by atoms with van der Waals surface area (Å²) in [5, 5.41) is 9.35. The molecular formula is C9H13NO. The smallest absolute Gasteiger partial charge is 0.0761 e. The van der Waals surface area contributed by atoms with Gasteiger partial charge in [0.15, 0.2) is 0 Å². The molecule has 0 saturated heterocycles. The summed E-state index contributed by atoms with van der Waals surface area (Å²) in [6.45, 7) is 0. The average molecular weight is 151 g/mol. The van der Waals surface area contributed by atoms with Crippen LogP contribution in [0.25, 0.3) is 0 Å². The highest BCUT2D eigenvalue weighted by molar-refractivity contribution is 5.15. The van der Waals surface area contributed by atoms with Crippen molar-refractivity contribution in [2.75, 3.05) is 0 Å². The van der Waals surface area contributed by atoms with Crippen LogP contribution < -0.4 is 5.73 Å². The van der Waals surface area contributed by atoms with Crippen molar-refractivity contribution < 1.29 is 5.11 Å². The Hall–Kier alpha value is -0.860. The molecule has 0 unspecified atom stereocenters. The molecule has 0 aromatic rings. The highest BCUT2D eigenvalue weighted by atomic mass is 16.3. The van der Waals surface area contributed by atoms with Gasteiger partial charge in [-0.3, -0.25) is 0 Å². The topological polar surface area (TPSA) is 46.2 Å². The fourth-order valence-electron chi connectivity index (χ4n) is 0.903. The zero-order valence-electron chi connectivity index (χ0n) is 6.35. The van der Waals surface area contributed by atoms with Crippen LogP contribution in [0.4, 0.5) is 0 Å². The van der Waals surface area contributed by atoms with E-state index < -0.39 is 6.10 Å². The van der Waals surface area contributed by atoms with Crippen molar-refractivity contribution in [2.45, 2.75) is 18.6 Å². The van der Waals surface area contributed by atoms with Crippen LogP contribution in [0.5, 0.6) is 0 Å². The molecule has 0 spiro atoms. The lowest BCUT2D eigenvalue weighted by Crippen LogP contribution is -2.31. The van der Waals surface area contributed by atoms with Crippen molar-refractivity contribution in [3.05, 3.63) is 36.5 Å². The molecule has 2 atom stereocenters. The van der Waals surface area contributed by atoms with Gasteiger partial charge in [0.2, 0.25) is 0 Å². The monoisotopic (exact) mass is 151 g/mol. The summed E-state index contributed by atoms with van der Waals surface area (Å²) in [5.41, 5.74) is 5.61. The second-order valence-electron chi connectivity index (χ2n) is 2.58. The van der Waals surface area contributed by atoms with Gasteiger partial charge in [-0.1, -0.05) is 36.5 Å². The van der Waals surface area contributed by atoms with Crippen molar-refractivity contribution in [1.82, 2.24) is 0 Å². The van der Waals surface area contributed by atoms with E-state index in [-0.39, 0.29) is 6.04 Å². The largest absolute Gasteiger partial charge is 0.391 e. The van der Waals surface area contributed by atoms with E-state index in [1.54, 1.807) is 6.08 Å². The number of allylic oxidation sites excluding steroid dienone is 4. The highest BCUT2D eigenvalue weighted by Gasteiger charge is 2.08. The minimum Gasteiger partial charge on any atom is -0.391 e. The predicted molar refractivity (Wildman–Crippen MR) is 46.0 cm³/mol. The first-order valence-corrected chi connectivity index (χ1v) is 3.74. The molecule has 0 bridgehead atoms. The molecule has 60 valence electrons. The van der Waals surface area contributed by atoms with Crippen molar-refractivity contribution in [3.8, 4) is 0 Å². The summed E-state index contributed by atoms with van der Waals surface area (Å²) in [5.74, 6) is 0. The number of aliphatic hydroxyl groups excluding tert-OH is 1. The molecule has 11 heavy (non-hydrogen) atoms. The fourth-order valence-corrected chi connectivity index (χ4v) is 0.903. The molecule has 2 nitrogen and oxygen atoms in total. The zero-order chi connectivity index (χ0) is 8.10. The van der Waals surface area contributed by atoms with Gasteiger partial charge in [-0.05, 0) is 6.42 Å². The second kappa shape index (κ2) is 4.11. The minimum absolute atomic E-state index is 0.248. The third-order valence-electron chi connectivity index (χ3n) is 1.62. The van der Waals surface area contributed by atoms with Gasteiger partial charge in [0.05, 0.1) is 6.10 Å². The van der Waals surface area contributed by atoms with Crippen molar-refractivity contribution in [3.63, 3.8) is 0 Å². The molecule has 0 aromatic carbocycles. The Morgan fingerprint density at radius 1 is 1.18 bits per heavy atom. The summed E-state index contributed by atoms with van der Waals surface area (Å²) < 4.78 is 0. The first-order valence-electron chi connectivity index (χ1n) is 3.74. The van der Waals surface area contributed by atoms with E-state index in [9.17, 15) is 5.11 Å². The van der Waals surface area contributed by atoms with Crippen molar-refractivity contribution >= 4 is 0 Å². The molecule has 1 aliphatic carbocycles. The summed E-state index contributed by atoms with van der Waals surface area (Å²) >= 11 is 0. The number of hydrogen-bond acceptors (Lipinski definition) is 2. The van der Waals surface area contributed by atoms with E-state index in [0.717, 1.165) is 0 Å². The van der Waals surface area contributed by atoms with Crippen LogP contribution in [0.2, 0.25) is 0 Å². The number of aliphatic hydroxyl groups is 1. The normalized spacial score (nSPS) is 39.8. The molecule has 0 amide bonds. The molecule has 3 N–H and O–H groups in total. The van der Waals surface area contributed by atoms with Crippen LogP contribution in [0, 0.1) is 0 Å². The average Bonchev–Trinajstić information content (AvgIpc) is 2.07. The Labute approximate surface area is 66.7 Å². The van der Waals surface area contributed by atoms with Crippen LogP contribution >= 0.6 is 0 Å². The van der Waals surface area contributed by atoms with Crippen molar-refractivity contribution in [2.24, 2.45) is 5.73 Å². The number of hydrogen-bond donors (Lipinski definition) is 2. The lowest BCUT2D eigenvalue weighted by atomic mass is 10.1. The van der Waals surface area contributed by atoms with Gasteiger partial charge in [0, 0.05) is 6.04 Å². The van der Waals surface area contributed by atoms with Crippen LogP contribution in [0.15, 0.2) is 36.5 Å². The third kappa shape index (κ3) is 2.70. The van der Waals surface area contributed by atoms with Crippen LogP contribution in [-0.2, 0) is 0 Å². The summed E-state index contributed by atoms with van der Waals surface area (Å²) in [6.07, 6.45) is 11.4. The Bertz CT molecular complexity index is 194. The Balaban J connectivity index is 2.65. The molecular weight excluding hydrogens is 138 g/mol. The summed E-state index contributed by atoms with van der Waals surface area (Å²) in [4.78, 5) is 0. The maximum Gasteiger partial charge on any atom is 0.0761 e. The van der Waals surface area contributed by atoms with Gasteiger partial charge in [-0.15, -0.1) is 0 Å². The third-order valence-corrected chi connectivity index (χ3v) is 1.62. The Morgan fingerprint density at radius 2 is 1.91 bits per heavy atom. The van der Waals surface area contributed by atoms with Crippen molar-refractivity contribution in [1.29, 1.82) is 0 Å². The standard InChI is InChI=1S/C9H13NO/c10-8-6-4-2-1-3-5-7-9(8)11/h1-6,8-9,11H,7,10H2/b2-1-,5-3+,6-4+/t8-,9+/m1/s1. The van der Waals surface area contributed by atoms with E-state index in [4.69, 9.17) is 5.73 Å². The predicted octanol–water partition coefficient (Wildman–Crippen LogP) is 0.747. The molecule has 0 aromatic heterocycles. The maximum atomic E-state index is 9.35. The zero-order valence-corrected chi connectivity index (χ0v) is 6.35. The summed E-state index contributed by atoms with van der Waals surface area (Å²) in [7, 11) is 0. The van der Waals surface area contributed by atoms with Gasteiger partial charge in [-0.25, -0.2) is 0 Å². The Kier molecular flexibility index (Phi) is 3.08. The lowest BCUT2D eigenvalue weighted by Gasteiger charge is -2.12. The minimum atomic E-state index is -0.456. The van der Waals surface area contributed by atoms with E-state index in [1.165, 1.54) is 0 Å². The van der Waals surface area contributed by atoms with Crippen LogP contribution in [0.3, 0.4) is 0 Å². The molecule has 0 saturated carbocycles. The fraction of sp³-hybridized carbons (Fsp3) is 0.333. The molecule has 1 rings (SSSR count). The first-order chi connectivity index (χ1) is 5.30. The van der Waals surface area contributed by atoms with Gasteiger partial charge in [0.1, 0.15) is 0 Å². The SMILES string of the molecule is N[C@@H]1/C=C/C=C\C=C\C[C@@H]1O. The van der Waals surface area contributed by atoms with E-state index in [2.05, 4.69) is 0 Å². The number of rotatable bonds is 0. The van der Waals surface area contributed by atoms with Gasteiger partial charge in [0.25, 0.3) is 0 Å². The molecule has 0 aliphatic heterocycles. The number of nitrogens with two attached hydrogens (primary N) is 1. The second-order valence-corrected chi connectivity index (χ2v) is 2.58. The molecule has 1 aliphatic rings. The highest BCUT2D eigenvalue weighted by Crippen LogP contribution is 2.01. The maximum absolute atomic E-state index is 9.35. The molecule has 0 heterocycles. The molecule has 0 fully saturated rings. The van der Waals surface area contributed by atoms with E-state index in [1.807, 2.05) is 30.4 Å². The molecule has 2 heteroatoms. The van der Waals surface area contributed by atoms with E-state index in [0.29, 0.717) is 6.42 Å². The Morgan fingerprint density at radius 3 is 2.73 bits per heavy atom. The van der Waals surface area contributed by atoms with E-state index >= 15 is 0 Å². The quantitative estimate of drug-likeness (QED) is 0.536. The molecule has 0 radical (unpaired) electrons. The first kappa shape index (κ1) is 8.24. The van der Waals surface area contributed by atoms with Gasteiger partial charge < -0.3 is 10.8 Å². The summed E-state index contributed by atoms with van der Waals surface area (Å²) in [6, 6.07) is -0.248. The lowest BCUT2D eigenvalue weighted by molar-refractivity contribution is 0.163. The van der Waals surface area contributed by atoms with Gasteiger partial charge >= 0.3 is 0 Å². The van der Waals surface area contributed by atoms with Crippen LogP contribution in [-0.4, -0.2) is 17.3 Å². The van der Waals surface area contributed by atoms with Crippen LogP contribution in [0.1, 0.15) is 6.42 Å². The van der Waals surface area contributed by atoms with Gasteiger partial charge in [-0.2, -0.15) is 0 Å².